The average Bonchev–Trinajstić information content (AvgIpc) is 3.92. The Balaban J connectivity index is 1.05. The molecule has 0 saturated heterocycles. The molecule has 10 aromatic carbocycles. The molecule has 0 bridgehead atoms. The minimum Gasteiger partial charge on any atom is -0.228 e. The van der Waals surface area contributed by atoms with Crippen molar-refractivity contribution < 1.29 is 0 Å². The van der Waals surface area contributed by atoms with Crippen LogP contribution < -0.4 is 0 Å². The molecule has 12 aromatic rings. The van der Waals surface area contributed by atoms with Gasteiger partial charge in [-0.3, -0.25) is 0 Å². The lowest BCUT2D eigenvalue weighted by molar-refractivity contribution is 0.768. The largest absolute Gasteiger partial charge is 0.228 e. The Morgan fingerprint density at radius 2 is 0.879 bits per heavy atom. The van der Waals surface area contributed by atoms with E-state index in [9.17, 15) is 0 Å². The molecular weight excluding hydrogens is 817 g/mol. The lowest BCUT2D eigenvalue weighted by Gasteiger charge is -2.34. The van der Waals surface area contributed by atoms with Crippen LogP contribution in [-0.2, 0) is 5.41 Å². The second kappa shape index (κ2) is 15.5. The Kier molecular flexibility index (Phi) is 8.97. The molecule has 0 radical (unpaired) electrons. The second-order valence-corrected chi connectivity index (χ2v) is 18.3. The van der Waals surface area contributed by atoms with Gasteiger partial charge in [0.2, 0.25) is 0 Å². The SMILES string of the molecule is c1ccc(-c2nc(-c3cc(-c4ccc5sc6ccccc6c5c4)cc(-c4cccc5ccccc45)c3)cc(-c3ccc4c(c3)C(c3ccccc3)(c3ccccc3)c3ccccc3-4)n2)cc1. The number of thiophene rings is 1. The Morgan fingerprint density at radius 3 is 1.68 bits per heavy atom. The van der Waals surface area contributed by atoms with Gasteiger partial charge < -0.3 is 0 Å². The summed E-state index contributed by atoms with van der Waals surface area (Å²) in [6.07, 6.45) is 0. The van der Waals surface area contributed by atoms with Gasteiger partial charge in [-0.25, -0.2) is 9.97 Å². The Bertz CT molecular complexity index is 3770. The van der Waals surface area contributed by atoms with Crippen LogP contribution in [0.2, 0.25) is 0 Å². The summed E-state index contributed by atoms with van der Waals surface area (Å²) in [7, 11) is 0. The van der Waals surface area contributed by atoms with Gasteiger partial charge in [0.1, 0.15) is 0 Å². The van der Waals surface area contributed by atoms with E-state index in [1.165, 1.54) is 75.5 Å². The molecule has 308 valence electrons. The summed E-state index contributed by atoms with van der Waals surface area (Å²) in [4.78, 5) is 10.8. The number of aromatic nitrogens is 2. The third-order valence-electron chi connectivity index (χ3n) is 13.6. The van der Waals surface area contributed by atoms with Crippen molar-refractivity contribution in [3.05, 3.63) is 265 Å². The average molecular weight is 857 g/mol. The minimum atomic E-state index is -0.529. The molecule has 2 nitrogen and oxygen atoms in total. The highest BCUT2D eigenvalue weighted by atomic mass is 32.1. The number of hydrogen-bond acceptors (Lipinski definition) is 3. The van der Waals surface area contributed by atoms with E-state index in [2.05, 4.69) is 237 Å². The summed E-state index contributed by atoms with van der Waals surface area (Å²) in [6.45, 7) is 0. The molecule has 2 heterocycles. The van der Waals surface area contributed by atoms with Gasteiger partial charge in [-0.2, -0.15) is 0 Å². The van der Waals surface area contributed by atoms with E-state index in [0.717, 1.165) is 39.2 Å². The predicted molar refractivity (Wildman–Crippen MR) is 277 cm³/mol. The van der Waals surface area contributed by atoms with Crippen molar-refractivity contribution in [2.75, 3.05) is 0 Å². The van der Waals surface area contributed by atoms with E-state index in [4.69, 9.17) is 9.97 Å². The molecule has 0 atom stereocenters. The molecule has 0 amide bonds. The molecule has 0 saturated carbocycles. The van der Waals surface area contributed by atoms with Crippen LogP contribution >= 0.6 is 11.3 Å². The summed E-state index contributed by atoms with van der Waals surface area (Å²) in [6, 6.07) is 88.4. The van der Waals surface area contributed by atoms with Crippen molar-refractivity contribution in [2.24, 2.45) is 0 Å². The Morgan fingerprint density at radius 1 is 0.303 bits per heavy atom. The number of hydrogen-bond donors (Lipinski definition) is 0. The van der Waals surface area contributed by atoms with E-state index in [-0.39, 0.29) is 0 Å². The van der Waals surface area contributed by atoms with Crippen molar-refractivity contribution in [1.82, 2.24) is 9.97 Å². The fourth-order valence-corrected chi connectivity index (χ4v) is 11.6. The maximum atomic E-state index is 5.43. The number of benzene rings is 10. The zero-order chi connectivity index (χ0) is 43.6. The first-order chi connectivity index (χ1) is 32.7. The molecule has 13 rings (SSSR count). The van der Waals surface area contributed by atoms with Gasteiger partial charge in [0, 0.05) is 36.9 Å². The first-order valence-electron chi connectivity index (χ1n) is 22.5. The maximum absolute atomic E-state index is 5.43. The highest BCUT2D eigenvalue weighted by Crippen LogP contribution is 2.56. The fraction of sp³-hybridized carbons (Fsp3) is 0.0159. The summed E-state index contributed by atoms with van der Waals surface area (Å²) in [5, 5.41) is 5.00. The van der Waals surface area contributed by atoms with Crippen molar-refractivity contribution in [1.29, 1.82) is 0 Å². The zero-order valence-corrected chi connectivity index (χ0v) is 36.7. The van der Waals surface area contributed by atoms with Crippen LogP contribution in [0.4, 0.5) is 0 Å². The predicted octanol–water partition coefficient (Wildman–Crippen LogP) is 16.7. The highest BCUT2D eigenvalue weighted by Gasteiger charge is 2.46. The van der Waals surface area contributed by atoms with E-state index in [1.807, 2.05) is 17.4 Å². The lowest BCUT2D eigenvalue weighted by atomic mass is 9.67. The number of rotatable bonds is 7. The van der Waals surface area contributed by atoms with Crippen LogP contribution in [-0.4, -0.2) is 9.97 Å². The molecule has 1 aliphatic rings. The molecule has 0 unspecified atom stereocenters. The standard InChI is InChI=1S/C63H40N2S/c1-4-18-42(19-5-1)62-64-58(44-31-33-53-52-26-12-14-29-56(52)63(57(53)39-44,48-21-6-2-7-22-48)49-23-8-3-9-24-49)40-59(65-62)47-36-45(35-46(37-47)51-28-16-20-41-17-10-11-25-50(41)51)43-32-34-61-55(38-43)54-27-13-15-30-60(54)66-61/h1-40H. The van der Waals surface area contributed by atoms with Crippen molar-refractivity contribution in [3.8, 4) is 67.3 Å². The number of fused-ring (bicyclic) bond motifs is 7. The van der Waals surface area contributed by atoms with E-state index in [0.29, 0.717) is 5.82 Å². The van der Waals surface area contributed by atoms with E-state index >= 15 is 0 Å². The molecule has 0 fully saturated rings. The van der Waals surface area contributed by atoms with Crippen molar-refractivity contribution in [3.63, 3.8) is 0 Å². The molecule has 66 heavy (non-hydrogen) atoms. The van der Waals surface area contributed by atoms with Crippen LogP contribution in [0.3, 0.4) is 0 Å². The van der Waals surface area contributed by atoms with Gasteiger partial charge in [0.15, 0.2) is 5.82 Å². The van der Waals surface area contributed by atoms with Crippen LogP contribution in [0.25, 0.3) is 98.2 Å². The normalized spacial score (nSPS) is 12.7. The molecule has 1 aliphatic carbocycles. The molecular formula is C63H40N2S. The van der Waals surface area contributed by atoms with E-state index in [1.54, 1.807) is 0 Å². The van der Waals surface area contributed by atoms with E-state index < -0.39 is 5.41 Å². The first kappa shape index (κ1) is 38.2. The van der Waals surface area contributed by atoms with Crippen molar-refractivity contribution in [2.45, 2.75) is 5.41 Å². The van der Waals surface area contributed by atoms with Crippen LogP contribution in [0, 0.1) is 0 Å². The third kappa shape index (κ3) is 6.16. The van der Waals surface area contributed by atoms with Gasteiger partial charge in [0.25, 0.3) is 0 Å². The molecule has 2 aromatic heterocycles. The Labute approximate surface area is 387 Å². The van der Waals surface area contributed by atoms with Gasteiger partial charge in [-0.15, -0.1) is 11.3 Å². The van der Waals surface area contributed by atoms with Crippen LogP contribution in [0.1, 0.15) is 22.3 Å². The highest BCUT2D eigenvalue weighted by molar-refractivity contribution is 7.25. The fourth-order valence-electron chi connectivity index (χ4n) is 10.5. The van der Waals surface area contributed by atoms with Gasteiger partial charge in [0.05, 0.1) is 16.8 Å². The molecule has 0 N–H and O–H groups in total. The van der Waals surface area contributed by atoms with Crippen LogP contribution in [0.5, 0.6) is 0 Å². The smallest absolute Gasteiger partial charge is 0.160 e. The topological polar surface area (TPSA) is 25.8 Å². The summed E-state index contributed by atoms with van der Waals surface area (Å²) in [5.41, 5.74) is 16.4. The third-order valence-corrected chi connectivity index (χ3v) is 14.7. The monoisotopic (exact) mass is 856 g/mol. The van der Waals surface area contributed by atoms with Gasteiger partial charge in [-0.1, -0.05) is 194 Å². The molecule has 0 aliphatic heterocycles. The first-order valence-corrected chi connectivity index (χ1v) is 23.4. The summed E-state index contributed by atoms with van der Waals surface area (Å²) < 4.78 is 2.59. The summed E-state index contributed by atoms with van der Waals surface area (Å²) in [5.74, 6) is 0.688. The lowest BCUT2D eigenvalue weighted by Crippen LogP contribution is -2.28. The summed E-state index contributed by atoms with van der Waals surface area (Å²) >= 11 is 1.85. The zero-order valence-electron chi connectivity index (χ0n) is 35.9. The van der Waals surface area contributed by atoms with Gasteiger partial charge in [-0.05, 0) is 115 Å². The number of nitrogens with zero attached hydrogens (tertiary/aromatic N) is 2. The maximum Gasteiger partial charge on any atom is 0.160 e. The quantitative estimate of drug-likeness (QED) is 0.160. The van der Waals surface area contributed by atoms with Crippen LogP contribution in [0.15, 0.2) is 243 Å². The van der Waals surface area contributed by atoms with Crippen molar-refractivity contribution >= 4 is 42.3 Å². The Hall–Kier alpha value is -8.24. The molecule has 3 heteroatoms. The minimum absolute atomic E-state index is 0.529. The van der Waals surface area contributed by atoms with Gasteiger partial charge >= 0.3 is 0 Å². The second-order valence-electron chi connectivity index (χ2n) is 17.3. The molecule has 0 spiro atoms.